The van der Waals surface area contributed by atoms with Crippen molar-refractivity contribution in [3.63, 3.8) is 0 Å². The van der Waals surface area contributed by atoms with Crippen molar-refractivity contribution in [1.82, 2.24) is 0 Å². The Morgan fingerprint density at radius 1 is 1.11 bits per heavy atom. The van der Waals surface area contributed by atoms with Crippen LogP contribution in [0.3, 0.4) is 0 Å². The molecular weight excluding hydrogens is 240 g/mol. The van der Waals surface area contributed by atoms with Crippen LogP contribution in [-0.2, 0) is 14.3 Å². The Bertz CT molecular complexity index is 278. The van der Waals surface area contributed by atoms with Gasteiger partial charge in [0, 0.05) is 5.92 Å². The summed E-state index contributed by atoms with van der Waals surface area (Å²) >= 11 is 0. The van der Waals surface area contributed by atoms with Crippen molar-refractivity contribution in [3.05, 3.63) is 0 Å². The third-order valence-electron chi connectivity index (χ3n) is 4.18. The number of carbonyl (C=O) groups excluding carboxylic acids is 2. The van der Waals surface area contributed by atoms with Crippen molar-refractivity contribution >= 4 is 11.8 Å². The van der Waals surface area contributed by atoms with Gasteiger partial charge in [0.25, 0.3) is 0 Å². The predicted octanol–water partition coefficient (Wildman–Crippen LogP) is 3.90. The van der Waals surface area contributed by atoms with Gasteiger partial charge in [-0.15, -0.1) is 0 Å². The van der Waals surface area contributed by atoms with Crippen LogP contribution in [0.4, 0.5) is 0 Å². The first-order valence-corrected chi connectivity index (χ1v) is 7.82. The first kappa shape index (κ1) is 16.2. The lowest BCUT2D eigenvalue weighted by molar-refractivity contribution is -0.151. The van der Waals surface area contributed by atoms with E-state index in [9.17, 15) is 9.59 Å². The second kappa shape index (κ2) is 9.11. The number of unbranched alkanes of at least 4 members (excludes halogenated alkanes) is 1. The molecule has 0 spiro atoms. The van der Waals surface area contributed by atoms with Crippen LogP contribution in [0.25, 0.3) is 0 Å². The van der Waals surface area contributed by atoms with Crippen molar-refractivity contribution in [2.24, 2.45) is 11.8 Å². The van der Waals surface area contributed by atoms with Gasteiger partial charge in [-0.25, -0.2) is 0 Å². The zero-order valence-corrected chi connectivity index (χ0v) is 12.5. The van der Waals surface area contributed by atoms with Gasteiger partial charge in [0.15, 0.2) is 0 Å². The topological polar surface area (TPSA) is 43.4 Å². The van der Waals surface area contributed by atoms with E-state index in [-0.39, 0.29) is 17.7 Å². The summed E-state index contributed by atoms with van der Waals surface area (Å²) in [7, 11) is 1.38. The molecule has 0 aromatic rings. The summed E-state index contributed by atoms with van der Waals surface area (Å²) in [4.78, 5) is 24.4. The van der Waals surface area contributed by atoms with Crippen molar-refractivity contribution < 1.29 is 14.3 Å². The molecule has 0 saturated heterocycles. The summed E-state index contributed by atoms with van der Waals surface area (Å²) in [5.74, 6) is -0.627. The van der Waals surface area contributed by atoms with E-state index < -0.39 is 5.92 Å². The van der Waals surface area contributed by atoms with Crippen LogP contribution in [-0.4, -0.2) is 18.9 Å². The lowest BCUT2D eigenvalue weighted by atomic mass is 9.81. The van der Waals surface area contributed by atoms with Crippen molar-refractivity contribution in [2.75, 3.05) is 7.11 Å². The van der Waals surface area contributed by atoms with Gasteiger partial charge in [0.2, 0.25) is 0 Å². The summed E-state index contributed by atoms with van der Waals surface area (Å²) in [6.07, 6.45) is 10.5. The molecule has 0 radical (unpaired) electrons. The summed E-state index contributed by atoms with van der Waals surface area (Å²) in [5.41, 5.74) is 0. The third kappa shape index (κ3) is 5.33. The number of Topliss-reactive ketones (excluding diaryl/α,β-unsaturated/α-hetero) is 1. The lowest BCUT2D eigenvalue weighted by Crippen LogP contribution is -2.31. The molecule has 1 aliphatic rings. The number of esters is 1. The van der Waals surface area contributed by atoms with E-state index in [1.807, 2.05) is 0 Å². The van der Waals surface area contributed by atoms with Crippen LogP contribution in [0.15, 0.2) is 0 Å². The molecule has 0 bridgehead atoms. The van der Waals surface area contributed by atoms with E-state index in [1.165, 1.54) is 26.4 Å². The van der Waals surface area contributed by atoms with Crippen LogP contribution < -0.4 is 0 Å². The van der Waals surface area contributed by atoms with E-state index in [0.717, 1.165) is 38.5 Å². The van der Waals surface area contributed by atoms with Crippen LogP contribution in [0, 0.1) is 11.8 Å². The Kier molecular flexibility index (Phi) is 7.76. The van der Waals surface area contributed by atoms with Crippen molar-refractivity contribution in [1.29, 1.82) is 0 Å². The second-order valence-electron chi connectivity index (χ2n) is 5.66. The van der Waals surface area contributed by atoms with Gasteiger partial charge in [-0.05, 0) is 19.3 Å². The van der Waals surface area contributed by atoms with Crippen LogP contribution in [0.5, 0.6) is 0 Å². The summed E-state index contributed by atoms with van der Waals surface area (Å²) in [6.45, 7) is 2.08. The van der Waals surface area contributed by atoms with E-state index in [2.05, 4.69) is 6.92 Å². The Morgan fingerprint density at radius 2 is 1.68 bits per heavy atom. The number of carbonyl (C=O) groups is 2. The number of hydrogen-bond acceptors (Lipinski definition) is 3. The minimum atomic E-state index is -0.519. The van der Waals surface area contributed by atoms with Crippen molar-refractivity contribution in [3.8, 4) is 0 Å². The molecular formula is C16H28O3. The van der Waals surface area contributed by atoms with Crippen LogP contribution in [0.1, 0.15) is 71.1 Å². The average molecular weight is 268 g/mol. The number of rotatable bonds is 6. The van der Waals surface area contributed by atoms with Gasteiger partial charge in [0.05, 0.1) is 7.11 Å². The summed E-state index contributed by atoms with van der Waals surface area (Å²) < 4.78 is 4.82. The lowest BCUT2D eigenvalue weighted by Gasteiger charge is -2.22. The molecule has 0 aromatic heterocycles. The SMILES string of the molecule is CCCCC(C(=O)OC)C(=O)C1CCCCCCC1. The smallest absolute Gasteiger partial charge is 0.316 e. The molecule has 19 heavy (non-hydrogen) atoms. The minimum Gasteiger partial charge on any atom is -0.468 e. The fourth-order valence-corrected chi connectivity index (χ4v) is 2.95. The molecule has 110 valence electrons. The normalized spacial score (nSPS) is 19.3. The van der Waals surface area contributed by atoms with Gasteiger partial charge < -0.3 is 4.74 Å². The molecule has 1 atom stereocenters. The highest BCUT2D eigenvalue weighted by Crippen LogP contribution is 2.27. The van der Waals surface area contributed by atoms with E-state index in [0.29, 0.717) is 6.42 Å². The Balaban J connectivity index is 2.64. The van der Waals surface area contributed by atoms with Gasteiger partial charge in [-0.2, -0.15) is 0 Å². The monoisotopic (exact) mass is 268 g/mol. The van der Waals surface area contributed by atoms with Crippen LogP contribution >= 0.6 is 0 Å². The molecule has 1 rings (SSSR count). The zero-order valence-electron chi connectivity index (χ0n) is 12.5. The maximum absolute atomic E-state index is 12.6. The van der Waals surface area contributed by atoms with Gasteiger partial charge in [-0.3, -0.25) is 9.59 Å². The predicted molar refractivity (Wildman–Crippen MR) is 75.8 cm³/mol. The molecule has 0 aromatic carbocycles. The summed E-state index contributed by atoms with van der Waals surface area (Å²) in [6, 6.07) is 0. The Labute approximate surface area is 117 Å². The number of hydrogen-bond donors (Lipinski definition) is 0. The molecule has 0 N–H and O–H groups in total. The molecule has 1 fully saturated rings. The van der Waals surface area contributed by atoms with Gasteiger partial charge >= 0.3 is 5.97 Å². The van der Waals surface area contributed by atoms with Gasteiger partial charge in [-0.1, -0.05) is 51.9 Å². The maximum Gasteiger partial charge on any atom is 0.316 e. The quantitative estimate of drug-likeness (QED) is 0.542. The molecule has 0 heterocycles. The van der Waals surface area contributed by atoms with Gasteiger partial charge in [0.1, 0.15) is 11.7 Å². The zero-order chi connectivity index (χ0) is 14.1. The Morgan fingerprint density at radius 3 is 2.21 bits per heavy atom. The minimum absolute atomic E-state index is 0.0845. The molecule has 1 saturated carbocycles. The summed E-state index contributed by atoms with van der Waals surface area (Å²) in [5, 5.41) is 0. The maximum atomic E-state index is 12.6. The highest BCUT2D eigenvalue weighted by atomic mass is 16.5. The second-order valence-corrected chi connectivity index (χ2v) is 5.66. The highest BCUT2D eigenvalue weighted by Gasteiger charge is 2.32. The molecule has 3 nitrogen and oxygen atoms in total. The molecule has 1 aliphatic carbocycles. The third-order valence-corrected chi connectivity index (χ3v) is 4.18. The molecule has 1 unspecified atom stereocenters. The fourth-order valence-electron chi connectivity index (χ4n) is 2.95. The number of ketones is 1. The average Bonchev–Trinajstić information content (AvgIpc) is 2.38. The van der Waals surface area contributed by atoms with E-state index in [4.69, 9.17) is 4.74 Å². The number of ether oxygens (including phenoxy) is 1. The van der Waals surface area contributed by atoms with E-state index >= 15 is 0 Å². The van der Waals surface area contributed by atoms with Crippen molar-refractivity contribution in [2.45, 2.75) is 71.1 Å². The molecule has 0 amide bonds. The Hall–Kier alpha value is -0.860. The standard InChI is InChI=1S/C16H28O3/c1-3-4-12-14(16(18)19-2)15(17)13-10-8-6-5-7-9-11-13/h13-14H,3-12H2,1-2H3. The molecule has 3 heteroatoms. The number of methoxy groups -OCH3 is 1. The molecule has 0 aliphatic heterocycles. The first-order valence-electron chi connectivity index (χ1n) is 7.82. The fraction of sp³-hybridized carbons (Fsp3) is 0.875. The largest absolute Gasteiger partial charge is 0.468 e. The first-order chi connectivity index (χ1) is 9.20. The van der Waals surface area contributed by atoms with Crippen LogP contribution in [0.2, 0.25) is 0 Å². The van der Waals surface area contributed by atoms with E-state index in [1.54, 1.807) is 0 Å². The highest BCUT2D eigenvalue weighted by molar-refractivity contribution is 6.00.